The molecule has 0 aromatic carbocycles. The fraction of sp³-hybridized carbons (Fsp3) is 0.933. The third kappa shape index (κ3) is 4.00. The van der Waals surface area contributed by atoms with Crippen molar-refractivity contribution in [1.82, 2.24) is 15.1 Å². The molecule has 1 fully saturated rings. The average molecular weight is 396 g/mol. The predicted molar refractivity (Wildman–Crippen MR) is 99.1 cm³/mol. The molecule has 1 heterocycles. The Kier molecular flexibility index (Phi) is 7.28. The number of rotatable bonds is 4. The molecule has 1 aliphatic heterocycles. The second-order valence-corrected chi connectivity index (χ2v) is 7.08. The average Bonchev–Trinajstić information content (AvgIpc) is 2.32. The van der Waals surface area contributed by atoms with Gasteiger partial charge < -0.3 is 15.1 Å². The maximum atomic E-state index is 4.43. The zero-order valence-corrected chi connectivity index (χ0v) is 16.8. The first-order valence-electron chi connectivity index (χ1n) is 7.32. The highest BCUT2D eigenvalue weighted by atomic mass is 127. The summed E-state index contributed by atoms with van der Waals surface area (Å²) < 4.78 is 0. The van der Waals surface area contributed by atoms with Crippen molar-refractivity contribution in [2.45, 2.75) is 53.1 Å². The lowest BCUT2D eigenvalue weighted by atomic mass is 9.65. The van der Waals surface area contributed by atoms with Crippen LogP contribution in [0.25, 0.3) is 0 Å². The Morgan fingerprint density at radius 1 is 1.30 bits per heavy atom. The van der Waals surface area contributed by atoms with Gasteiger partial charge in [0.05, 0.1) is 0 Å². The van der Waals surface area contributed by atoms with E-state index in [2.05, 4.69) is 68.7 Å². The molecule has 0 saturated carbocycles. The van der Waals surface area contributed by atoms with Crippen LogP contribution in [-0.2, 0) is 0 Å². The molecule has 120 valence electrons. The van der Waals surface area contributed by atoms with Crippen molar-refractivity contribution >= 4 is 29.9 Å². The van der Waals surface area contributed by atoms with Crippen molar-refractivity contribution in [3.8, 4) is 0 Å². The van der Waals surface area contributed by atoms with E-state index in [0.717, 1.165) is 25.6 Å². The van der Waals surface area contributed by atoms with Crippen LogP contribution in [0.2, 0.25) is 0 Å². The highest BCUT2D eigenvalue weighted by Crippen LogP contribution is 2.46. The minimum atomic E-state index is 0. The topological polar surface area (TPSA) is 30.9 Å². The molecule has 0 aromatic rings. The van der Waals surface area contributed by atoms with Gasteiger partial charge in [0.1, 0.15) is 0 Å². The Bertz CT molecular complexity index is 337. The molecule has 0 aromatic heterocycles. The van der Waals surface area contributed by atoms with Crippen LogP contribution in [0.5, 0.6) is 0 Å². The Morgan fingerprint density at radius 2 is 1.85 bits per heavy atom. The van der Waals surface area contributed by atoms with Gasteiger partial charge in [-0.05, 0) is 34.7 Å². The lowest BCUT2D eigenvalue weighted by molar-refractivity contribution is -0.0667. The Hall–Kier alpha value is -0.0400. The zero-order chi connectivity index (χ0) is 14.8. The van der Waals surface area contributed by atoms with Crippen molar-refractivity contribution in [1.29, 1.82) is 0 Å². The van der Waals surface area contributed by atoms with Gasteiger partial charge >= 0.3 is 0 Å². The van der Waals surface area contributed by atoms with Crippen LogP contribution >= 0.6 is 24.0 Å². The van der Waals surface area contributed by atoms with Gasteiger partial charge in [-0.15, -0.1) is 24.0 Å². The quantitative estimate of drug-likeness (QED) is 0.450. The number of nitrogens with zero attached hydrogens (tertiary/aromatic N) is 3. The van der Waals surface area contributed by atoms with Gasteiger partial charge in [-0.1, -0.05) is 13.8 Å². The first-order chi connectivity index (χ1) is 8.63. The Labute approximate surface area is 142 Å². The van der Waals surface area contributed by atoms with Crippen LogP contribution in [0.4, 0.5) is 0 Å². The first kappa shape index (κ1) is 20.0. The summed E-state index contributed by atoms with van der Waals surface area (Å²) in [5.74, 6) is 1.03. The summed E-state index contributed by atoms with van der Waals surface area (Å²) in [6, 6.07) is 0.586. The Morgan fingerprint density at radius 3 is 2.20 bits per heavy atom. The van der Waals surface area contributed by atoms with E-state index in [9.17, 15) is 0 Å². The second kappa shape index (κ2) is 7.29. The molecule has 0 amide bonds. The minimum Gasteiger partial charge on any atom is -0.355 e. The number of likely N-dealkylation sites (N-methyl/N-ethyl adjacent to an activating group) is 1. The van der Waals surface area contributed by atoms with Crippen molar-refractivity contribution < 1.29 is 0 Å². The normalized spacial score (nSPS) is 20.7. The van der Waals surface area contributed by atoms with Crippen LogP contribution in [0.15, 0.2) is 4.99 Å². The summed E-state index contributed by atoms with van der Waals surface area (Å²) in [7, 11) is 4.03. The summed E-state index contributed by atoms with van der Waals surface area (Å²) in [6.45, 7) is 16.7. The molecule has 0 bridgehead atoms. The summed E-state index contributed by atoms with van der Waals surface area (Å²) in [5, 5.41) is 3.48. The number of hydrogen-bond donors (Lipinski definition) is 1. The molecule has 5 heteroatoms. The molecule has 1 rings (SSSR count). The van der Waals surface area contributed by atoms with Crippen molar-refractivity contribution in [2.24, 2.45) is 10.4 Å². The van der Waals surface area contributed by atoms with Gasteiger partial charge in [0.25, 0.3) is 0 Å². The lowest BCUT2D eigenvalue weighted by Gasteiger charge is -2.62. The molecule has 0 unspecified atom stereocenters. The third-order valence-corrected chi connectivity index (χ3v) is 4.98. The lowest BCUT2D eigenvalue weighted by Crippen LogP contribution is -2.72. The van der Waals surface area contributed by atoms with Crippen LogP contribution in [0.1, 0.15) is 41.5 Å². The van der Waals surface area contributed by atoms with E-state index in [0.29, 0.717) is 11.5 Å². The number of guanidine groups is 1. The van der Waals surface area contributed by atoms with Gasteiger partial charge in [0.2, 0.25) is 0 Å². The number of likely N-dealkylation sites (tertiary alicyclic amines) is 1. The number of aliphatic imine (C=N–C) groups is 1. The molecule has 0 atom stereocenters. The highest BCUT2D eigenvalue weighted by molar-refractivity contribution is 14.0. The molecular weight excluding hydrogens is 363 g/mol. The molecule has 1 N–H and O–H groups in total. The van der Waals surface area contributed by atoms with Gasteiger partial charge in [-0.25, -0.2) is 0 Å². The van der Waals surface area contributed by atoms with E-state index in [1.165, 1.54) is 0 Å². The third-order valence-electron chi connectivity index (χ3n) is 4.98. The molecule has 0 spiro atoms. The molecule has 1 aliphatic rings. The number of hydrogen-bond acceptors (Lipinski definition) is 2. The fourth-order valence-electron chi connectivity index (χ4n) is 2.30. The summed E-state index contributed by atoms with van der Waals surface area (Å²) >= 11 is 0. The van der Waals surface area contributed by atoms with Crippen LogP contribution in [0.3, 0.4) is 0 Å². The maximum Gasteiger partial charge on any atom is 0.194 e. The molecule has 0 radical (unpaired) electrons. The number of nitrogens with one attached hydrogen (secondary N) is 1. The second-order valence-electron chi connectivity index (χ2n) is 7.08. The van der Waals surface area contributed by atoms with Crippen molar-refractivity contribution in [3.63, 3.8) is 0 Å². The molecule has 1 saturated heterocycles. The number of halogens is 1. The summed E-state index contributed by atoms with van der Waals surface area (Å²) in [4.78, 5) is 9.14. The highest BCUT2D eigenvalue weighted by Gasteiger charge is 2.53. The maximum absolute atomic E-state index is 4.43. The van der Waals surface area contributed by atoms with Crippen molar-refractivity contribution in [3.05, 3.63) is 0 Å². The van der Waals surface area contributed by atoms with E-state index in [-0.39, 0.29) is 29.5 Å². The summed E-state index contributed by atoms with van der Waals surface area (Å²) in [5.41, 5.74) is 0.512. The van der Waals surface area contributed by atoms with E-state index in [1.54, 1.807) is 0 Å². The fourth-order valence-corrected chi connectivity index (χ4v) is 2.30. The monoisotopic (exact) mass is 396 g/mol. The molecule has 0 aliphatic carbocycles. The van der Waals surface area contributed by atoms with Crippen molar-refractivity contribution in [2.75, 3.05) is 33.7 Å². The summed E-state index contributed by atoms with van der Waals surface area (Å²) in [6.07, 6.45) is 0. The van der Waals surface area contributed by atoms with E-state index in [1.807, 2.05) is 7.05 Å². The molecule has 4 nitrogen and oxygen atoms in total. The van der Waals surface area contributed by atoms with E-state index in [4.69, 9.17) is 0 Å². The van der Waals surface area contributed by atoms with Gasteiger partial charge in [0.15, 0.2) is 5.96 Å². The SMILES string of the molecule is CN=C(NCCN(C)C(C)C)N1CC(C)(C)C1(C)C.I. The first-order valence-corrected chi connectivity index (χ1v) is 7.32. The molecular formula is C15H33IN4. The largest absolute Gasteiger partial charge is 0.355 e. The van der Waals surface area contributed by atoms with E-state index < -0.39 is 0 Å². The Balaban J connectivity index is 0.00000361. The minimum absolute atomic E-state index is 0. The smallest absolute Gasteiger partial charge is 0.194 e. The van der Waals surface area contributed by atoms with Gasteiger partial charge in [-0.2, -0.15) is 0 Å². The predicted octanol–water partition coefficient (Wildman–Crippen LogP) is 2.64. The zero-order valence-electron chi connectivity index (χ0n) is 14.4. The van der Waals surface area contributed by atoms with Crippen LogP contribution < -0.4 is 5.32 Å². The molecule has 20 heavy (non-hydrogen) atoms. The van der Waals surface area contributed by atoms with Gasteiger partial charge in [0, 0.05) is 43.7 Å². The van der Waals surface area contributed by atoms with Gasteiger partial charge in [-0.3, -0.25) is 4.99 Å². The van der Waals surface area contributed by atoms with Crippen LogP contribution in [0, 0.1) is 5.41 Å². The van der Waals surface area contributed by atoms with Crippen LogP contribution in [-0.4, -0.2) is 61.1 Å². The van der Waals surface area contributed by atoms with E-state index >= 15 is 0 Å². The standard InChI is InChI=1S/C15H32N4.HI/c1-12(2)18(8)10-9-17-13(16-7)19-11-14(3,4)15(19,5)6;/h12H,9-11H2,1-8H3,(H,16,17);1H.